The van der Waals surface area contributed by atoms with Gasteiger partial charge in [0, 0.05) is 5.38 Å². The van der Waals surface area contributed by atoms with E-state index in [9.17, 15) is 19.5 Å². The van der Waals surface area contributed by atoms with Gasteiger partial charge in [-0.15, -0.1) is 23.1 Å². The highest BCUT2D eigenvalue weighted by Gasteiger charge is 2.55. The van der Waals surface area contributed by atoms with Crippen molar-refractivity contribution in [3.8, 4) is 0 Å². The van der Waals surface area contributed by atoms with Crippen molar-refractivity contribution in [2.24, 2.45) is 5.16 Å². The summed E-state index contributed by atoms with van der Waals surface area (Å²) in [7, 11) is 1.35. The predicted molar refractivity (Wildman–Crippen MR) is 111 cm³/mol. The Bertz CT molecular complexity index is 914. The second-order valence-electron chi connectivity index (χ2n) is 6.34. The molecule has 0 aliphatic carbocycles. The lowest BCUT2D eigenvalue weighted by atomic mass is 10.0. The average Bonchev–Trinajstić information content (AvgIpc) is 3.16. The first-order valence-electron chi connectivity index (χ1n) is 9.06. The van der Waals surface area contributed by atoms with E-state index in [0.717, 1.165) is 29.1 Å². The highest BCUT2D eigenvalue weighted by Crippen LogP contribution is 2.40. The Morgan fingerprint density at radius 3 is 2.87 bits per heavy atom. The molecular weight excluding hydrogens is 434 g/mol. The number of thioether (sulfide) groups is 1. The minimum absolute atomic E-state index is 0.0994. The number of nitrogen functional groups attached to an aromatic ring is 1. The van der Waals surface area contributed by atoms with Gasteiger partial charge in [0.05, 0.1) is 12.9 Å². The summed E-state index contributed by atoms with van der Waals surface area (Å²) < 4.78 is 5.09. The number of carbonyl (C=O) groups is 3. The van der Waals surface area contributed by atoms with Gasteiger partial charge in [0.15, 0.2) is 16.5 Å². The fourth-order valence-electron chi connectivity index (χ4n) is 2.88. The first-order valence-corrected chi connectivity index (χ1v) is 11.0. The first kappa shape index (κ1) is 21.9. The molecule has 0 bridgehead atoms. The maximum atomic E-state index is 12.8. The van der Waals surface area contributed by atoms with Crippen LogP contribution in [0.1, 0.15) is 25.5 Å². The van der Waals surface area contributed by atoms with Crippen LogP contribution in [0.2, 0.25) is 0 Å². The van der Waals surface area contributed by atoms with Crippen LogP contribution in [0.5, 0.6) is 0 Å². The number of carbonyl (C=O) groups excluding carboxylic acids is 2. The summed E-state index contributed by atoms with van der Waals surface area (Å²) in [5.41, 5.74) is 5.58. The molecule has 13 heteroatoms. The molecule has 162 valence electrons. The number of nitrogens with two attached hydrogens (primary N) is 1. The van der Waals surface area contributed by atoms with E-state index >= 15 is 0 Å². The van der Waals surface area contributed by atoms with Crippen LogP contribution in [0.4, 0.5) is 5.13 Å². The summed E-state index contributed by atoms with van der Waals surface area (Å²) in [5.74, 6) is -2.00. The number of rotatable bonds is 9. The maximum Gasteiger partial charge on any atom is 0.356 e. The molecule has 1 saturated heterocycles. The summed E-state index contributed by atoms with van der Waals surface area (Å²) in [6.07, 6.45) is 1.66. The third-order valence-corrected chi connectivity index (χ3v) is 6.32. The van der Waals surface area contributed by atoms with Crippen molar-refractivity contribution < 1.29 is 29.1 Å². The third-order valence-electron chi connectivity index (χ3n) is 4.39. The molecule has 3 rings (SSSR count). The van der Waals surface area contributed by atoms with Crippen LogP contribution in [-0.2, 0) is 24.0 Å². The summed E-state index contributed by atoms with van der Waals surface area (Å²) in [6, 6.07) is -0.910. The zero-order chi connectivity index (χ0) is 21.8. The Balaban J connectivity index is 1.76. The zero-order valence-electron chi connectivity index (χ0n) is 16.3. The van der Waals surface area contributed by atoms with E-state index in [1.807, 2.05) is 6.92 Å². The summed E-state index contributed by atoms with van der Waals surface area (Å²) in [5, 5.41) is 17.2. The predicted octanol–water partition coefficient (Wildman–Crippen LogP) is 0.589. The molecule has 0 radical (unpaired) electrons. The van der Waals surface area contributed by atoms with E-state index < -0.39 is 29.2 Å². The Labute approximate surface area is 180 Å². The lowest BCUT2D eigenvalue weighted by molar-refractivity contribution is -0.150. The first-order chi connectivity index (χ1) is 14.4. The van der Waals surface area contributed by atoms with E-state index in [1.165, 1.54) is 18.9 Å². The smallest absolute Gasteiger partial charge is 0.356 e. The summed E-state index contributed by atoms with van der Waals surface area (Å²) in [4.78, 5) is 47.4. The van der Waals surface area contributed by atoms with Crippen molar-refractivity contribution in [3.05, 3.63) is 22.5 Å². The average molecular weight is 456 g/mol. The number of aromatic nitrogens is 1. The van der Waals surface area contributed by atoms with Crippen LogP contribution in [0.25, 0.3) is 0 Å². The van der Waals surface area contributed by atoms with E-state index in [0.29, 0.717) is 6.61 Å². The van der Waals surface area contributed by atoms with E-state index in [1.54, 1.807) is 5.38 Å². The summed E-state index contributed by atoms with van der Waals surface area (Å²) >= 11 is 2.44. The van der Waals surface area contributed by atoms with Crippen LogP contribution in [0.15, 0.2) is 22.0 Å². The molecule has 30 heavy (non-hydrogen) atoms. The number of thiazole rings is 1. The largest absolute Gasteiger partial charge is 0.498 e. The standard InChI is InChI=1S/C17H21N5O6S2/c1-3-4-5-28-21-10(8-6-30-17(18)19-8)13(23)20-11-14(24)22-12(16(25)26)9(27-2)7-29-15(11)22/h6,11,15H,3-5,7H2,1-2H3,(H2,18,19)(H,20,23)(H,25,26)/t11?,15-/m0/s1. The lowest BCUT2D eigenvalue weighted by Crippen LogP contribution is -2.71. The lowest BCUT2D eigenvalue weighted by Gasteiger charge is -2.48. The maximum absolute atomic E-state index is 12.8. The van der Waals surface area contributed by atoms with E-state index in [-0.39, 0.29) is 33.7 Å². The van der Waals surface area contributed by atoms with Gasteiger partial charge in [-0.1, -0.05) is 18.5 Å². The van der Waals surface area contributed by atoms with Gasteiger partial charge < -0.3 is 25.7 Å². The number of methoxy groups -OCH3 is 1. The number of hydrogen-bond donors (Lipinski definition) is 3. The van der Waals surface area contributed by atoms with Crippen molar-refractivity contribution in [2.75, 3.05) is 25.2 Å². The van der Waals surface area contributed by atoms with E-state index in [4.69, 9.17) is 15.3 Å². The quantitative estimate of drug-likeness (QED) is 0.210. The van der Waals surface area contributed by atoms with Gasteiger partial charge in [-0.05, 0) is 6.42 Å². The SMILES string of the molecule is CCCCON=C(C(=O)NC1C(=O)N2C(C(=O)O)=C(OC)CS[C@@H]12)c1csc(N)n1. The van der Waals surface area contributed by atoms with Crippen LogP contribution in [0.3, 0.4) is 0 Å². The van der Waals surface area contributed by atoms with Gasteiger partial charge in [0.25, 0.3) is 11.8 Å². The van der Waals surface area contributed by atoms with Crippen LogP contribution in [0, 0.1) is 0 Å². The Morgan fingerprint density at radius 2 is 2.27 bits per heavy atom. The number of ether oxygens (including phenoxy) is 1. The van der Waals surface area contributed by atoms with Gasteiger partial charge in [-0.2, -0.15) is 0 Å². The number of aliphatic carboxylic acids is 1. The monoisotopic (exact) mass is 455 g/mol. The van der Waals surface area contributed by atoms with Crippen molar-refractivity contribution >= 4 is 51.7 Å². The number of β-lactam (4-membered cyclic amide) rings is 1. The molecule has 3 heterocycles. The molecule has 11 nitrogen and oxygen atoms in total. The topological polar surface area (TPSA) is 156 Å². The van der Waals surface area contributed by atoms with Crippen LogP contribution in [-0.4, -0.2) is 69.4 Å². The van der Waals surface area contributed by atoms with E-state index in [2.05, 4.69) is 15.5 Å². The van der Waals surface area contributed by atoms with Crippen molar-refractivity contribution in [1.29, 1.82) is 0 Å². The number of nitrogens with zero attached hydrogens (tertiary/aromatic N) is 3. The number of hydrogen-bond acceptors (Lipinski definition) is 10. The molecular formula is C17H21N5O6S2. The molecule has 1 aromatic rings. The normalized spacial score (nSPS) is 21.1. The minimum Gasteiger partial charge on any atom is -0.498 e. The molecule has 0 saturated carbocycles. The Hall–Kier alpha value is -2.80. The summed E-state index contributed by atoms with van der Waals surface area (Å²) in [6.45, 7) is 2.32. The highest BCUT2D eigenvalue weighted by atomic mass is 32.2. The van der Waals surface area contributed by atoms with Gasteiger partial charge in [0.1, 0.15) is 29.5 Å². The number of carboxylic acid groups (broad SMARTS) is 1. The minimum atomic E-state index is -1.26. The van der Waals surface area contributed by atoms with Crippen LogP contribution >= 0.6 is 23.1 Å². The highest BCUT2D eigenvalue weighted by molar-refractivity contribution is 8.00. The van der Waals surface area contributed by atoms with Gasteiger partial charge >= 0.3 is 5.97 Å². The fourth-order valence-corrected chi connectivity index (χ4v) is 4.74. The molecule has 4 N–H and O–H groups in total. The van der Waals surface area contributed by atoms with Crippen LogP contribution < -0.4 is 11.1 Å². The Kier molecular flexibility index (Phi) is 6.82. The van der Waals surface area contributed by atoms with Gasteiger partial charge in [-0.3, -0.25) is 14.5 Å². The molecule has 1 unspecified atom stereocenters. The van der Waals surface area contributed by atoms with Gasteiger partial charge in [0.2, 0.25) is 0 Å². The zero-order valence-corrected chi connectivity index (χ0v) is 17.9. The molecule has 2 aliphatic rings. The molecule has 2 aliphatic heterocycles. The fraction of sp³-hybridized carbons (Fsp3) is 0.471. The number of amides is 2. The van der Waals surface area contributed by atoms with Gasteiger partial charge in [-0.25, -0.2) is 9.78 Å². The Morgan fingerprint density at radius 1 is 1.50 bits per heavy atom. The number of oxime groups is 1. The molecule has 0 aromatic carbocycles. The number of nitrogens with one attached hydrogen (secondary N) is 1. The molecule has 0 spiro atoms. The van der Waals surface area contributed by atoms with Crippen molar-refractivity contribution in [3.63, 3.8) is 0 Å². The van der Waals surface area contributed by atoms with Crippen molar-refractivity contribution in [2.45, 2.75) is 31.2 Å². The molecule has 1 aromatic heterocycles. The second kappa shape index (κ2) is 9.34. The number of unbranched alkanes of at least 4 members (excludes halogenated alkanes) is 1. The third kappa shape index (κ3) is 4.21. The number of fused-ring (bicyclic) bond motifs is 1. The number of carboxylic acids is 1. The molecule has 2 atom stereocenters. The molecule has 2 amide bonds. The number of anilines is 1. The van der Waals surface area contributed by atoms with Crippen molar-refractivity contribution in [1.82, 2.24) is 15.2 Å². The second-order valence-corrected chi connectivity index (χ2v) is 8.33. The molecule has 1 fully saturated rings.